The molecule has 0 unspecified atom stereocenters. The van der Waals surface area contributed by atoms with E-state index in [1.165, 1.54) is 7.11 Å². The van der Waals surface area contributed by atoms with E-state index in [0.29, 0.717) is 11.1 Å². The first-order valence-corrected chi connectivity index (χ1v) is 6.00. The fourth-order valence-corrected chi connectivity index (χ4v) is 1.74. The fourth-order valence-electron chi connectivity index (χ4n) is 1.27. The van der Waals surface area contributed by atoms with E-state index >= 15 is 0 Å². The molecular formula is C11H11BrO3S. The van der Waals surface area contributed by atoms with Crippen molar-refractivity contribution < 1.29 is 14.3 Å². The quantitative estimate of drug-likeness (QED) is 0.685. The topological polar surface area (TPSA) is 43.4 Å². The molecule has 0 aliphatic rings. The van der Waals surface area contributed by atoms with E-state index in [1.54, 1.807) is 18.2 Å². The van der Waals surface area contributed by atoms with Gasteiger partial charge in [0.2, 0.25) is 0 Å². The van der Waals surface area contributed by atoms with Gasteiger partial charge in [-0.15, -0.1) is 0 Å². The number of thiol groups is 1. The van der Waals surface area contributed by atoms with E-state index in [9.17, 15) is 9.59 Å². The van der Waals surface area contributed by atoms with Crippen molar-refractivity contribution in [2.45, 2.75) is 6.42 Å². The van der Waals surface area contributed by atoms with Gasteiger partial charge in [-0.05, 0) is 17.7 Å². The molecule has 1 aromatic carbocycles. The zero-order valence-electron chi connectivity index (χ0n) is 8.70. The highest BCUT2D eigenvalue weighted by Gasteiger charge is 2.14. The maximum atomic E-state index is 11.5. The largest absolute Gasteiger partial charge is 0.465 e. The molecule has 16 heavy (non-hydrogen) atoms. The second-order valence-corrected chi connectivity index (χ2v) is 4.40. The van der Waals surface area contributed by atoms with Gasteiger partial charge >= 0.3 is 5.97 Å². The van der Waals surface area contributed by atoms with Crippen molar-refractivity contribution in [1.29, 1.82) is 0 Å². The first-order chi connectivity index (χ1) is 7.58. The average molecular weight is 303 g/mol. The van der Waals surface area contributed by atoms with E-state index < -0.39 is 5.97 Å². The Morgan fingerprint density at radius 2 is 2.12 bits per heavy atom. The van der Waals surface area contributed by atoms with Crippen LogP contribution in [0.4, 0.5) is 0 Å². The standard InChI is InChI=1S/C11H11BrO3S/c1-15-11(14)10-5-8(12)3-2-7(10)4-9(13)6-16/h2-3,5,16H,4,6H2,1H3. The minimum Gasteiger partial charge on any atom is -0.465 e. The Labute approximate surface area is 108 Å². The summed E-state index contributed by atoms with van der Waals surface area (Å²) in [5, 5.41) is 0. The lowest BCUT2D eigenvalue weighted by Gasteiger charge is -2.07. The summed E-state index contributed by atoms with van der Waals surface area (Å²) in [6, 6.07) is 5.16. The molecule has 5 heteroatoms. The Hall–Kier alpha value is -0.810. The Morgan fingerprint density at radius 1 is 1.44 bits per heavy atom. The molecule has 0 saturated heterocycles. The predicted octanol–water partition coefficient (Wildman–Crippen LogP) is 2.28. The minimum absolute atomic E-state index is 0.0317. The number of rotatable bonds is 4. The molecule has 86 valence electrons. The molecule has 0 aliphatic heterocycles. The Morgan fingerprint density at radius 3 is 2.69 bits per heavy atom. The lowest BCUT2D eigenvalue weighted by molar-refractivity contribution is -0.115. The van der Waals surface area contributed by atoms with Crippen molar-refractivity contribution in [3.63, 3.8) is 0 Å². The molecule has 1 rings (SSSR count). The molecule has 0 aliphatic carbocycles. The van der Waals surface area contributed by atoms with Crippen LogP contribution in [0.3, 0.4) is 0 Å². The van der Waals surface area contributed by atoms with Gasteiger partial charge in [0.15, 0.2) is 0 Å². The number of esters is 1. The van der Waals surface area contributed by atoms with Crippen molar-refractivity contribution in [2.24, 2.45) is 0 Å². The second-order valence-electron chi connectivity index (χ2n) is 3.17. The van der Waals surface area contributed by atoms with E-state index in [2.05, 4.69) is 33.3 Å². The van der Waals surface area contributed by atoms with E-state index in [0.717, 1.165) is 4.47 Å². The number of hydrogen-bond donors (Lipinski definition) is 1. The van der Waals surface area contributed by atoms with Crippen LogP contribution >= 0.6 is 28.6 Å². The molecule has 0 spiro atoms. The van der Waals surface area contributed by atoms with Crippen molar-refractivity contribution in [2.75, 3.05) is 12.9 Å². The third-order valence-corrected chi connectivity index (χ3v) is 2.89. The van der Waals surface area contributed by atoms with Gasteiger partial charge in [-0.3, -0.25) is 4.79 Å². The number of ketones is 1. The molecule has 0 atom stereocenters. The van der Waals surface area contributed by atoms with E-state index in [1.807, 2.05) is 0 Å². The SMILES string of the molecule is COC(=O)c1cc(Br)ccc1CC(=O)CS. The normalized spacial score (nSPS) is 9.94. The molecule has 0 aromatic heterocycles. The fraction of sp³-hybridized carbons (Fsp3) is 0.273. The first-order valence-electron chi connectivity index (χ1n) is 4.57. The van der Waals surface area contributed by atoms with Gasteiger partial charge in [0.05, 0.1) is 12.7 Å². The van der Waals surface area contributed by atoms with Gasteiger partial charge in [-0.2, -0.15) is 12.6 Å². The summed E-state index contributed by atoms with van der Waals surface area (Å²) in [5.41, 5.74) is 1.07. The summed E-state index contributed by atoms with van der Waals surface area (Å²) >= 11 is 7.17. The molecule has 0 radical (unpaired) electrons. The van der Waals surface area contributed by atoms with Crippen molar-refractivity contribution in [1.82, 2.24) is 0 Å². The number of benzene rings is 1. The van der Waals surface area contributed by atoms with Crippen LogP contribution in [-0.2, 0) is 16.0 Å². The van der Waals surface area contributed by atoms with E-state index in [-0.39, 0.29) is 18.0 Å². The molecule has 0 N–H and O–H groups in total. The Kier molecular flexibility index (Phi) is 5.02. The number of methoxy groups -OCH3 is 1. The summed E-state index contributed by atoms with van der Waals surface area (Å²) in [6.07, 6.45) is 0.196. The number of halogens is 1. The van der Waals surface area contributed by atoms with Crippen molar-refractivity contribution in [3.8, 4) is 0 Å². The van der Waals surface area contributed by atoms with Gasteiger partial charge in [0.25, 0.3) is 0 Å². The third kappa shape index (κ3) is 3.35. The summed E-state index contributed by atoms with van der Waals surface area (Å²) in [4.78, 5) is 22.8. The Balaban J connectivity index is 3.07. The molecule has 0 fully saturated rings. The highest BCUT2D eigenvalue weighted by molar-refractivity contribution is 9.10. The molecule has 0 amide bonds. The molecule has 0 heterocycles. The highest BCUT2D eigenvalue weighted by Crippen LogP contribution is 2.18. The van der Waals surface area contributed by atoms with Crippen LogP contribution in [-0.4, -0.2) is 24.6 Å². The lowest BCUT2D eigenvalue weighted by Crippen LogP contribution is -2.11. The summed E-state index contributed by atoms with van der Waals surface area (Å²) in [7, 11) is 1.31. The maximum Gasteiger partial charge on any atom is 0.338 e. The molecular weight excluding hydrogens is 292 g/mol. The predicted molar refractivity (Wildman–Crippen MR) is 68.0 cm³/mol. The minimum atomic E-state index is -0.441. The lowest BCUT2D eigenvalue weighted by atomic mass is 10.0. The molecule has 1 aromatic rings. The summed E-state index contributed by atoms with van der Waals surface area (Å²) in [5.74, 6) is -0.310. The van der Waals surface area contributed by atoms with E-state index in [4.69, 9.17) is 0 Å². The molecule has 0 bridgehead atoms. The second kappa shape index (κ2) is 6.06. The molecule has 0 saturated carbocycles. The smallest absolute Gasteiger partial charge is 0.338 e. The van der Waals surface area contributed by atoms with Crippen LogP contribution in [0.15, 0.2) is 22.7 Å². The average Bonchev–Trinajstić information content (AvgIpc) is 2.30. The number of carbonyl (C=O) groups is 2. The van der Waals surface area contributed by atoms with Crippen LogP contribution in [0.1, 0.15) is 15.9 Å². The summed E-state index contributed by atoms with van der Waals surface area (Å²) in [6.45, 7) is 0. The highest BCUT2D eigenvalue weighted by atomic mass is 79.9. The van der Waals surface area contributed by atoms with Crippen LogP contribution in [0.5, 0.6) is 0 Å². The number of Topliss-reactive ketones (excluding diaryl/α,β-unsaturated/α-hetero) is 1. The third-order valence-electron chi connectivity index (χ3n) is 2.04. The molecule has 3 nitrogen and oxygen atoms in total. The van der Waals surface area contributed by atoms with Crippen molar-refractivity contribution >= 4 is 40.3 Å². The number of carbonyl (C=O) groups excluding carboxylic acids is 2. The zero-order valence-corrected chi connectivity index (χ0v) is 11.2. The zero-order chi connectivity index (χ0) is 12.1. The van der Waals surface area contributed by atoms with Gasteiger partial charge in [0.1, 0.15) is 5.78 Å². The van der Waals surface area contributed by atoms with Gasteiger partial charge in [-0.25, -0.2) is 4.79 Å². The van der Waals surface area contributed by atoms with Crippen LogP contribution in [0.25, 0.3) is 0 Å². The van der Waals surface area contributed by atoms with Crippen LogP contribution < -0.4 is 0 Å². The van der Waals surface area contributed by atoms with Gasteiger partial charge in [0, 0.05) is 16.6 Å². The number of ether oxygens (including phenoxy) is 1. The van der Waals surface area contributed by atoms with Gasteiger partial charge < -0.3 is 4.74 Å². The van der Waals surface area contributed by atoms with Crippen LogP contribution in [0, 0.1) is 0 Å². The first kappa shape index (κ1) is 13.3. The maximum absolute atomic E-state index is 11.5. The monoisotopic (exact) mass is 302 g/mol. The van der Waals surface area contributed by atoms with Crippen LogP contribution in [0.2, 0.25) is 0 Å². The van der Waals surface area contributed by atoms with Gasteiger partial charge in [-0.1, -0.05) is 22.0 Å². The Bertz CT molecular complexity index is 418. The van der Waals surface area contributed by atoms with Crippen molar-refractivity contribution in [3.05, 3.63) is 33.8 Å². The number of hydrogen-bond acceptors (Lipinski definition) is 4. The summed E-state index contributed by atoms with van der Waals surface area (Å²) < 4.78 is 5.43.